The number of nitrogens with zero attached hydrogens (tertiary/aromatic N) is 3. The van der Waals surface area contributed by atoms with Crippen molar-refractivity contribution >= 4 is 40.4 Å². The highest BCUT2D eigenvalue weighted by Gasteiger charge is 2.25. The number of anilines is 2. The second kappa shape index (κ2) is 9.17. The maximum absolute atomic E-state index is 12.8. The zero-order valence-electron chi connectivity index (χ0n) is 16.7. The number of carbonyl (C=O) groups excluding carboxylic acids is 2. The molecular weight excluding hydrogens is 390 g/mol. The molecule has 30 heavy (non-hydrogen) atoms. The highest BCUT2D eigenvalue weighted by atomic mass is 16.6. The second-order valence-electron chi connectivity index (χ2n) is 6.68. The second-order valence-corrected chi connectivity index (χ2v) is 6.68. The zero-order chi connectivity index (χ0) is 21.7. The Bertz CT molecular complexity index is 1070. The van der Waals surface area contributed by atoms with Crippen LogP contribution < -0.4 is 4.90 Å². The van der Waals surface area contributed by atoms with Crippen molar-refractivity contribution in [3.8, 4) is 0 Å². The van der Waals surface area contributed by atoms with Crippen LogP contribution >= 0.6 is 0 Å². The van der Waals surface area contributed by atoms with Gasteiger partial charge in [-0.25, -0.2) is 4.90 Å². The molecule has 0 aliphatic rings. The monoisotopic (exact) mass is 411 g/mol. The number of nitro groups is 1. The van der Waals surface area contributed by atoms with Crippen molar-refractivity contribution in [3.63, 3.8) is 0 Å². The van der Waals surface area contributed by atoms with Crippen LogP contribution in [0.1, 0.15) is 32.3 Å². The Morgan fingerprint density at radius 2 is 1.93 bits per heavy atom. The maximum Gasteiger partial charge on any atom is 0.310 e. The quantitative estimate of drug-likeness (QED) is 0.308. The summed E-state index contributed by atoms with van der Waals surface area (Å²) in [4.78, 5) is 39.8. The van der Waals surface area contributed by atoms with Crippen LogP contribution in [0.3, 0.4) is 0 Å². The minimum atomic E-state index is -0.591. The molecule has 1 aromatic heterocycles. The first-order chi connectivity index (χ1) is 14.4. The number of esters is 1. The van der Waals surface area contributed by atoms with E-state index in [2.05, 4.69) is 11.9 Å². The van der Waals surface area contributed by atoms with Crippen LogP contribution in [0.15, 0.2) is 46.9 Å². The zero-order valence-corrected chi connectivity index (χ0v) is 16.7. The topological polar surface area (TPSA) is 116 Å². The van der Waals surface area contributed by atoms with E-state index in [9.17, 15) is 19.7 Å². The third-order valence-electron chi connectivity index (χ3n) is 4.42. The van der Waals surface area contributed by atoms with Crippen molar-refractivity contribution in [2.75, 3.05) is 11.5 Å². The fourth-order valence-electron chi connectivity index (χ4n) is 2.89. The molecule has 0 aliphatic carbocycles. The number of non-ortho nitro benzene ring substituents is 1. The first-order valence-corrected chi connectivity index (χ1v) is 9.49. The Kier molecular flexibility index (Phi) is 6.41. The lowest BCUT2D eigenvalue weighted by Gasteiger charge is -2.19. The van der Waals surface area contributed by atoms with Gasteiger partial charge < -0.3 is 9.15 Å². The third kappa shape index (κ3) is 4.80. The van der Waals surface area contributed by atoms with Gasteiger partial charge in [-0.05, 0) is 36.6 Å². The first-order valence-electron chi connectivity index (χ1n) is 9.49. The number of carbonyl (C=O) groups is 2. The molecule has 0 N–H and O–H groups in total. The van der Waals surface area contributed by atoms with Gasteiger partial charge in [-0.3, -0.25) is 19.7 Å². The summed E-state index contributed by atoms with van der Waals surface area (Å²) in [7, 11) is 0. The number of aryl methyl sites for hydroxylation is 1. The predicted octanol–water partition coefficient (Wildman–Crippen LogP) is 4.31. The molecule has 1 heterocycles. The van der Waals surface area contributed by atoms with Gasteiger partial charge in [0.15, 0.2) is 12.2 Å². The number of unbranched alkanes of at least 4 members (excludes halogenated alkanes) is 1. The lowest BCUT2D eigenvalue weighted by molar-refractivity contribution is -0.384. The van der Waals surface area contributed by atoms with Crippen LogP contribution in [0, 0.1) is 10.1 Å². The molecule has 2 aromatic carbocycles. The number of rotatable bonds is 8. The molecule has 0 bridgehead atoms. The molecule has 0 unspecified atom stereocenters. The predicted molar refractivity (Wildman–Crippen MR) is 109 cm³/mol. The summed E-state index contributed by atoms with van der Waals surface area (Å²) in [5, 5.41) is 11.0. The maximum atomic E-state index is 12.8. The van der Waals surface area contributed by atoms with Gasteiger partial charge in [0.25, 0.3) is 11.6 Å². The Morgan fingerprint density at radius 1 is 1.20 bits per heavy atom. The molecule has 1 amide bonds. The molecule has 156 valence electrons. The Balaban J connectivity index is 1.98. The number of hydrogen-bond acceptors (Lipinski definition) is 7. The molecule has 0 saturated carbocycles. The molecule has 0 saturated heterocycles. The summed E-state index contributed by atoms with van der Waals surface area (Å²) in [6.45, 7) is 2.83. The van der Waals surface area contributed by atoms with E-state index in [1.165, 1.54) is 30.0 Å². The van der Waals surface area contributed by atoms with Crippen LogP contribution in [-0.4, -0.2) is 28.4 Å². The Hall–Kier alpha value is -3.75. The average molecular weight is 411 g/mol. The number of fused-ring (bicyclic) bond motifs is 1. The first kappa shape index (κ1) is 21.0. The highest BCUT2D eigenvalue weighted by molar-refractivity contribution is 6.00. The lowest BCUT2D eigenvalue weighted by atomic mass is 10.1. The van der Waals surface area contributed by atoms with Crippen molar-refractivity contribution in [3.05, 3.63) is 58.1 Å². The average Bonchev–Trinajstić information content (AvgIpc) is 3.14. The fourth-order valence-corrected chi connectivity index (χ4v) is 2.89. The van der Waals surface area contributed by atoms with Crippen molar-refractivity contribution in [1.82, 2.24) is 4.98 Å². The minimum Gasteiger partial charge on any atom is -0.456 e. The van der Waals surface area contributed by atoms with Crippen molar-refractivity contribution < 1.29 is 23.7 Å². The van der Waals surface area contributed by atoms with Crippen LogP contribution in [0.5, 0.6) is 0 Å². The van der Waals surface area contributed by atoms with E-state index in [4.69, 9.17) is 9.15 Å². The highest BCUT2D eigenvalue weighted by Crippen LogP contribution is 2.30. The van der Waals surface area contributed by atoms with Crippen LogP contribution in [-0.2, 0) is 20.7 Å². The van der Waals surface area contributed by atoms with Crippen LogP contribution in [0.2, 0.25) is 0 Å². The molecule has 0 atom stereocenters. The SMILES string of the molecule is CCCCc1ccc(N(C(=O)COC(C)=O)c2nc3cc([N+](=O)[O-])ccc3o2)cc1. The number of benzene rings is 2. The standard InChI is InChI=1S/C21H21N3O6/c1-3-4-5-15-6-8-16(9-7-15)23(20(26)13-29-14(2)25)21-22-18-12-17(24(27)28)10-11-19(18)30-21/h6-12H,3-5,13H2,1-2H3. The smallest absolute Gasteiger partial charge is 0.310 e. The summed E-state index contributed by atoms with van der Waals surface area (Å²) >= 11 is 0. The van der Waals surface area contributed by atoms with Crippen LogP contribution in [0.4, 0.5) is 17.4 Å². The third-order valence-corrected chi connectivity index (χ3v) is 4.42. The van der Waals surface area contributed by atoms with Crippen molar-refractivity contribution in [2.24, 2.45) is 0 Å². The lowest BCUT2D eigenvalue weighted by Crippen LogP contribution is -2.30. The molecule has 0 aliphatic heterocycles. The minimum absolute atomic E-state index is 0.0658. The van der Waals surface area contributed by atoms with Gasteiger partial charge in [-0.15, -0.1) is 0 Å². The molecule has 3 aromatic rings. The molecule has 9 nitrogen and oxygen atoms in total. The van der Waals surface area contributed by atoms with Gasteiger partial charge in [0.2, 0.25) is 0 Å². The number of ether oxygens (including phenoxy) is 1. The van der Waals surface area contributed by atoms with Crippen molar-refractivity contribution in [1.29, 1.82) is 0 Å². The van der Waals surface area contributed by atoms with Gasteiger partial charge >= 0.3 is 12.0 Å². The molecule has 0 fully saturated rings. The fraction of sp³-hybridized carbons (Fsp3) is 0.286. The molecule has 0 radical (unpaired) electrons. The van der Waals surface area contributed by atoms with Gasteiger partial charge in [0, 0.05) is 19.1 Å². The summed E-state index contributed by atoms with van der Waals surface area (Å²) in [6.07, 6.45) is 3.05. The van der Waals surface area contributed by atoms with Gasteiger partial charge in [0.1, 0.15) is 5.52 Å². The summed E-state index contributed by atoms with van der Waals surface area (Å²) in [5.41, 5.74) is 2.00. The number of nitro benzene ring substituents is 1. The van der Waals surface area contributed by atoms with E-state index in [0.29, 0.717) is 11.3 Å². The van der Waals surface area contributed by atoms with E-state index >= 15 is 0 Å². The molecule has 0 spiro atoms. The number of hydrogen-bond donors (Lipinski definition) is 0. The van der Waals surface area contributed by atoms with Crippen molar-refractivity contribution in [2.45, 2.75) is 33.1 Å². The number of amides is 1. The molecule has 9 heteroatoms. The van der Waals surface area contributed by atoms with E-state index < -0.39 is 23.4 Å². The Morgan fingerprint density at radius 3 is 2.57 bits per heavy atom. The summed E-state index contributed by atoms with van der Waals surface area (Å²) < 4.78 is 10.5. The van der Waals surface area contributed by atoms with Gasteiger partial charge in [0.05, 0.1) is 10.6 Å². The number of aromatic nitrogens is 1. The summed E-state index contributed by atoms with van der Waals surface area (Å²) in [6, 6.07) is 11.3. The van der Waals surface area contributed by atoms with Crippen LogP contribution in [0.25, 0.3) is 11.1 Å². The Labute approximate surface area is 172 Å². The molecular formula is C21H21N3O6. The van der Waals surface area contributed by atoms with E-state index in [1.807, 2.05) is 12.1 Å². The molecule has 3 rings (SSSR count). The normalized spacial score (nSPS) is 10.7. The van der Waals surface area contributed by atoms with Gasteiger partial charge in [-0.2, -0.15) is 4.98 Å². The van der Waals surface area contributed by atoms with E-state index in [-0.39, 0.29) is 17.2 Å². The summed E-state index contributed by atoms with van der Waals surface area (Å²) in [5.74, 6) is -1.15. The largest absolute Gasteiger partial charge is 0.456 e. The van der Waals surface area contributed by atoms with E-state index in [1.54, 1.807) is 12.1 Å². The van der Waals surface area contributed by atoms with Gasteiger partial charge in [-0.1, -0.05) is 25.5 Å². The number of oxazole rings is 1. The van der Waals surface area contributed by atoms with E-state index in [0.717, 1.165) is 24.8 Å².